The van der Waals surface area contributed by atoms with Gasteiger partial charge in [0.1, 0.15) is 23.1 Å². The molecule has 1 aromatic rings. The zero-order valence-corrected chi connectivity index (χ0v) is 39.7. The number of ether oxygens (including phenoxy) is 4. The molecule has 3 fully saturated rings. The summed E-state index contributed by atoms with van der Waals surface area (Å²) in [5, 5.41) is 11.9. The summed E-state index contributed by atoms with van der Waals surface area (Å²) in [4.78, 5) is 66.1. The van der Waals surface area contributed by atoms with Crippen molar-refractivity contribution in [3.63, 3.8) is 0 Å². The van der Waals surface area contributed by atoms with Gasteiger partial charge in [0.15, 0.2) is 0 Å². The van der Waals surface area contributed by atoms with Gasteiger partial charge in [-0.25, -0.2) is 9.59 Å². The number of nitrogens with one attached hydrogen (secondary N) is 4. The third-order valence-corrected chi connectivity index (χ3v) is 14.4. The first-order valence-corrected chi connectivity index (χ1v) is 23.4. The second-order valence-electron chi connectivity index (χ2n) is 20.2. The molecular formula is C47H76N4O9S. The zero-order chi connectivity index (χ0) is 45.2. The largest absolute Gasteiger partial charge is 0.461 e. The maximum absolute atomic E-state index is 14.9. The molecule has 61 heavy (non-hydrogen) atoms. The van der Waals surface area contributed by atoms with E-state index in [0.717, 1.165) is 36.1 Å². The summed E-state index contributed by atoms with van der Waals surface area (Å²) in [6, 6.07) is 7.62. The molecule has 3 aliphatic rings. The molecule has 8 atom stereocenters. The summed E-state index contributed by atoms with van der Waals surface area (Å²) in [5.74, 6) is 0.122. The van der Waals surface area contributed by atoms with Crippen LogP contribution in [0.15, 0.2) is 29.2 Å². The average Bonchev–Trinajstić information content (AvgIpc) is 3.57. The second-order valence-corrected chi connectivity index (χ2v) is 21.2. The van der Waals surface area contributed by atoms with Gasteiger partial charge in [0.25, 0.3) is 0 Å². The lowest BCUT2D eigenvalue weighted by molar-refractivity contribution is -0.205. The standard InChI is InChI=1S/C47H76N4O9S/c1-31-18-20-47-21-19-35(57-11)39(47)46(31,10)36(29-45(9,40(54)32(47)2)22-27-48-23-12-25-50-41(55)59-43(3,4)5)58-38(53)30-61-34-16-14-33(15-17-34)28-37(52)49-24-13-26-51-42(56)60-44(6,7)8/h14-17,31-32,35-36,39,48H,12-13,18-30H2,1-11H3,(H,49,52)(H,50,55)(H,51,56)/t31-,32+,35-,36-,39+,45+,46+,47+/m1/s1. The lowest BCUT2D eigenvalue weighted by atomic mass is 9.43. The third-order valence-electron chi connectivity index (χ3n) is 13.5. The van der Waals surface area contributed by atoms with Crippen molar-refractivity contribution in [2.24, 2.45) is 34.0 Å². The van der Waals surface area contributed by atoms with Gasteiger partial charge in [-0.2, -0.15) is 0 Å². The molecule has 3 amide bonds. The summed E-state index contributed by atoms with van der Waals surface area (Å²) in [6.07, 6.45) is 4.88. The number of carbonyl (C=O) groups is 5. The van der Waals surface area contributed by atoms with Crippen LogP contribution in [0.5, 0.6) is 0 Å². The van der Waals surface area contributed by atoms with Crippen LogP contribution in [0.25, 0.3) is 0 Å². The highest BCUT2D eigenvalue weighted by Gasteiger charge is 2.68. The molecule has 0 aliphatic heterocycles. The molecule has 4 N–H and O–H groups in total. The summed E-state index contributed by atoms with van der Waals surface area (Å²) in [5.41, 5.74) is -1.61. The number of benzene rings is 1. The molecule has 0 spiro atoms. The molecule has 0 radical (unpaired) electrons. The van der Waals surface area contributed by atoms with E-state index in [4.69, 9.17) is 18.9 Å². The molecular weight excluding hydrogens is 797 g/mol. The molecule has 3 aliphatic carbocycles. The van der Waals surface area contributed by atoms with Gasteiger partial charge in [0.2, 0.25) is 5.91 Å². The number of carbonyl (C=O) groups excluding carboxylic acids is 5. The first-order chi connectivity index (χ1) is 28.5. The van der Waals surface area contributed by atoms with E-state index in [1.54, 1.807) is 27.9 Å². The maximum Gasteiger partial charge on any atom is 0.407 e. The van der Waals surface area contributed by atoms with E-state index in [1.807, 2.05) is 45.0 Å². The first-order valence-electron chi connectivity index (χ1n) is 22.4. The molecule has 4 rings (SSSR count). The van der Waals surface area contributed by atoms with E-state index in [0.29, 0.717) is 58.4 Å². The Morgan fingerprint density at radius 2 is 1.38 bits per heavy atom. The highest BCUT2D eigenvalue weighted by Crippen LogP contribution is 2.69. The normalized spacial score (nSPS) is 28.8. The number of rotatable bonds is 18. The Morgan fingerprint density at radius 3 is 1.97 bits per heavy atom. The van der Waals surface area contributed by atoms with E-state index in [2.05, 4.69) is 49.0 Å². The lowest BCUT2D eigenvalue weighted by Gasteiger charge is -2.62. The van der Waals surface area contributed by atoms with Gasteiger partial charge < -0.3 is 40.2 Å². The molecule has 0 unspecified atom stereocenters. The van der Waals surface area contributed by atoms with Crippen LogP contribution in [-0.2, 0) is 39.8 Å². The van der Waals surface area contributed by atoms with E-state index < -0.39 is 40.3 Å². The lowest BCUT2D eigenvalue weighted by Crippen LogP contribution is -2.63. The molecule has 1 aromatic carbocycles. The van der Waals surface area contributed by atoms with Crippen molar-refractivity contribution in [2.75, 3.05) is 45.6 Å². The van der Waals surface area contributed by atoms with Crippen molar-refractivity contribution < 1.29 is 42.9 Å². The quantitative estimate of drug-likeness (QED) is 0.0495. The van der Waals surface area contributed by atoms with Crippen molar-refractivity contribution in [1.29, 1.82) is 0 Å². The summed E-state index contributed by atoms with van der Waals surface area (Å²) >= 11 is 1.40. The number of methoxy groups -OCH3 is 1. The number of Topliss-reactive ketones (excluding diaryl/α,β-unsaturated/α-hetero) is 1. The monoisotopic (exact) mass is 873 g/mol. The fourth-order valence-corrected chi connectivity index (χ4v) is 10.9. The molecule has 13 nitrogen and oxygen atoms in total. The number of esters is 1. The predicted octanol–water partition coefficient (Wildman–Crippen LogP) is 7.62. The van der Waals surface area contributed by atoms with Crippen molar-refractivity contribution in [2.45, 2.75) is 155 Å². The Bertz CT molecular complexity index is 1660. The number of hydrogen-bond donors (Lipinski definition) is 4. The molecule has 0 heterocycles. The highest BCUT2D eigenvalue weighted by molar-refractivity contribution is 8.00. The first kappa shape index (κ1) is 50.3. The smallest absolute Gasteiger partial charge is 0.407 e. The molecule has 0 aromatic heterocycles. The van der Waals surface area contributed by atoms with Crippen LogP contribution in [0.4, 0.5) is 9.59 Å². The van der Waals surface area contributed by atoms with Crippen LogP contribution in [0, 0.1) is 34.0 Å². The Kier molecular flexibility index (Phi) is 17.6. The van der Waals surface area contributed by atoms with Crippen LogP contribution in [0.1, 0.15) is 126 Å². The van der Waals surface area contributed by atoms with Gasteiger partial charge >= 0.3 is 18.2 Å². The topological polar surface area (TPSA) is 170 Å². The summed E-state index contributed by atoms with van der Waals surface area (Å²) in [6.45, 7) is 22.3. The third kappa shape index (κ3) is 13.6. The number of amides is 3. The van der Waals surface area contributed by atoms with Gasteiger partial charge in [-0.3, -0.25) is 14.4 Å². The van der Waals surface area contributed by atoms with Gasteiger partial charge in [-0.1, -0.05) is 39.8 Å². The minimum absolute atomic E-state index is 0.0133. The molecule has 14 heteroatoms. The van der Waals surface area contributed by atoms with Crippen LogP contribution < -0.4 is 21.3 Å². The highest BCUT2D eigenvalue weighted by atomic mass is 32.2. The van der Waals surface area contributed by atoms with Crippen molar-refractivity contribution >= 4 is 41.6 Å². The van der Waals surface area contributed by atoms with E-state index in [1.165, 1.54) is 11.8 Å². The van der Waals surface area contributed by atoms with Crippen LogP contribution >= 0.6 is 11.8 Å². The SMILES string of the molecule is CO[C@@H]1CC[C@]23CC[C@@H](C)[C@](C)([C@H]12)[C@H](OC(=O)CSc1ccc(CC(=O)NCCCNC(=O)OC(C)(C)C)cc1)C[C@](C)(CCNCCCNC(=O)OC(C)(C)C)C(=O)[C@@H]3C. The molecule has 2 bridgehead atoms. The minimum Gasteiger partial charge on any atom is -0.461 e. The molecule has 344 valence electrons. The summed E-state index contributed by atoms with van der Waals surface area (Å²) in [7, 11) is 1.78. The van der Waals surface area contributed by atoms with Crippen LogP contribution in [0.3, 0.4) is 0 Å². The van der Waals surface area contributed by atoms with Crippen LogP contribution in [-0.4, -0.2) is 98.8 Å². The van der Waals surface area contributed by atoms with Gasteiger partial charge in [-0.15, -0.1) is 11.8 Å². The van der Waals surface area contributed by atoms with Crippen molar-refractivity contribution in [3.8, 4) is 0 Å². The minimum atomic E-state index is -0.722. The van der Waals surface area contributed by atoms with Gasteiger partial charge in [-0.05, 0) is 135 Å². The van der Waals surface area contributed by atoms with Gasteiger partial charge in [0, 0.05) is 54.3 Å². The number of thioether (sulfide) groups is 1. The Labute approximate surface area is 369 Å². The maximum atomic E-state index is 14.9. The second kappa shape index (κ2) is 21.3. The predicted molar refractivity (Wildman–Crippen MR) is 238 cm³/mol. The summed E-state index contributed by atoms with van der Waals surface area (Å²) < 4.78 is 23.4. The fraction of sp³-hybridized carbons (Fsp3) is 0.766. The zero-order valence-electron chi connectivity index (χ0n) is 38.9. The Balaban J connectivity index is 1.37. The van der Waals surface area contributed by atoms with Crippen LogP contribution in [0.2, 0.25) is 0 Å². The fourth-order valence-electron chi connectivity index (χ4n) is 10.2. The molecule has 3 saturated carbocycles. The van der Waals surface area contributed by atoms with Crippen molar-refractivity contribution in [3.05, 3.63) is 29.8 Å². The number of hydrogen-bond acceptors (Lipinski definition) is 11. The van der Waals surface area contributed by atoms with Gasteiger partial charge in [0.05, 0.1) is 18.3 Å². The van der Waals surface area contributed by atoms with E-state index in [-0.39, 0.29) is 59.1 Å². The Hall–Kier alpha value is -3.36. The number of alkyl carbamates (subject to hydrolysis) is 2. The number of ketones is 1. The van der Waals surface area contributed by atoms with E-state index in [9.17, 15) is 24.0 Å². The average molecular weight is 873 g/mol. The Morgan fingerprint density at radius 1 is 0.803 bits per heavy atom. The van der Waals surface area contributed by atoms with E-state index >= 15 is 0 Å². The molecule has 0 saturated heterocycles. The van der Waals surface area contributed by atoms with Crippen molar-refractivity contribution in [1.82, 2.24) is 21.3 Å².